The minimum absolute atomic E-state index is 0.122. The predicted octanol–water partition coefficient (Wildman–Crippen LogP) is 4.41. The summed E-state index contributed by atoms with van der Waals surface area (Å²) in [6, 6.07) is 15.5. The standard InChI is InChI=1S/C29H36O7/c1-20(2)27(31)26(30)19-36-25-13-9-23(10-14-25)29(5,6)22-7-11-24(12-8-22)34-17-15-33-16-18-35-28(32)21(3)4/h7-14,26,30H,1,3,15-19H2,2,4-6H3. The second-order valence-corrected chi connectivity index (χ2v) is 9.02. The molecule has 1 atom stereocenters. The third kappa shape index (κ3) is 8.66. The number of aliphatic hydroxyl groups excluding tert-OH is 1. The Bertz CT molecular complexity index is 1040. The van der Waals surface area contributed by atoms with Crippen molar-refractivity contribution in [3.63, 3.8) is 0 Å². The van der Waals surface area contributed by atoms with Gasteiger partial charge in [-0.3, -0.25) is 4.79 Å². The molecule has 0 aliphatic heterocycles. The molecule has 7 heteroatoms. The molecule has 1 N–H and O–H groups in total. The Hall–Kier alpha value is -3.42. The summed E-state index contributed by atoms with van der Waals surface area (Å²) in [5, 5.41) is 9.87. The zero-order valence-electron chi connectivity index (χ0n) is 21.5. The van der Waals surface area contributed by atoms with Crippen LogP contribution >= 0.6 is 0 Å². The largest absolute Gasteiger partial charge is 0.491 e. The highest BCUT2D eigenvalue weighted by Gasteiger charge is 2.23. The summed E-state index contributed by atoms with van der Waals surface area (Å²) in [4.78, 5) is 23.0. The summed E-state index contributed by atoms with van der Waals surface area (Å²) in [6.07, 6.45) is -1.22. The van der Waals surface area contributed by atoms with Gasteiger partial charge in [-0.05, 0) is 54.8 Å². The quantitative estimate of drug-likeness (QED) is 0.222. The minimum atomic E-state index is -1.22. The minimum Gasteiger partial charge on any atom is -0.491 e. The molecule has 1 unspecified atom stereocenters. The van der Waals surface area contributed by atoms with Gasteiger partial charge in [0.25, 0.3) is 0 Å². The molecular weight excluding hydrogens is 460 g/mol. The van der Waals surface area contributed by atoms with Gasteiger partial charge in [-0.2, -0.15) is 0 Å². The van der Waals surface area contributed by atoms with Gasteiger partial charge in [0.15, 0.2) is 11.9 Å². The number of ketones is 1. The van der Waals surface area contributed by atoms with E-state index in [9.17, 15) is 14.7 Å². The topological polar surface area (TPSA) is 91.3 Å². The van der Waals surface area contributed by atoms with E-state index < -0.39 is 17.9 Å². The second kappa shape index (κ2) is 13.6. The Labute approximate surface area is 213 Å². The van der Waals surface area contributed by atoms with Gasteiger partial charge in [0.2, 0.25) is 0 Å². The Morgan fingerprint density at radius 1 is 0.806 bits per heavy atom. The van der Waals surface area contributed by atoms with Crippen molar-refractivity contribution < 1.29 is 33.6 Å². The van der Waals surface area contributed by atoms with Gasteiger partial charge in [0.05, 0.1) is 13.2 Å². The predicted molar refractivity (Wildman–Crippen MR) is 138 cm³/mol. The first-order valence-corrected chi connectivity index (χ1v) is 11.8. The molecule has 194 valence electrons. The molecule has 0 amide bonds. The van der Waals surface area contributed by atoms with Crippen molar-refractivity contribution in [1.82, 2.24) is 0 Å². The number of hydrogen-bond donors (Lipinski definition) is 1. The van der Waals surface area contributed by atoms with Crippen LogP contribution in [0, 0.1) is 0 Å². The monoisotopic (exact) mass is 496 g/mol. The molecule has 2 rings (SSSR count). The summed E-state index contributed by atoms with van der Waals surface area (Å²) in [5.74, 6) is 0.463. The van der Waals surface area contributed by atoms with Crippen molar-refractivity contribution in [3.05, 3.63) is 84.0 Å². The Morgan fingerprint density at radius 2 is 1.31 bits per heavy atom. The fourth-order valence-corrected chi connectivity index (χ4v) is 3.27. The maximum absolute atomic E-state index is 11.7. The van der Waals surface area contributed by atoms with Crippen LogP contribution in [0.1, 0.15) is 38.8 Å². The molecule has 0 aromatic heterocycles. The summed E-state index contributed by atoms with van der Waals surface area (Å²) in [6.45, 7) is 15.6. The Balaban J connectivity index is 1.82. The first kappa shape index (κ1) is 28.8. The van der Waals surface area contributed by atoms with Crippen LogP contribution in [-0.2, 0) is 24.5 Å². The van der Waals surface area contributed by atoms with Crippen molar-refractivity contribution in [2.75, 3.05) is 33.0 Å². The second-order valence-electron chi connectivity index (χ2n) is 9.02. The van der Waals surface area contributed by atoms with E-state index >= 15 is 0 Å². The van der Waals surface area contributed by atoms with Gasteiger partial charge in [-0.15, -0.1) is 0 Å². The van der Waals surface area contributed by atoms with E-state index in [4.69, 9.17) is 18.9 Å². The number of carbonyl (C=O) groups is 2. The van der Waals surface area contributed by atoms with Crippen molar-refractivity contribution in [3.8, 4) is 11.5 Å². The average molecular weight is 497 g/mol. The molecule has 0 spiro atoms. The lowest BCUT2D eigenvalue weighted by Gasteiger charge is -2.26. The fourth-order valence-electron chi connectivity index (χ4n) is 3.27. The van der Waals surface area contributed by atoms with Crippen LogP contribution in [0.5, 0.6) is 11.5 Å². The fraction of sp³-hybridized carbons (Fsp3) is 0.379. The molecule has 0 aliphatic rings. The van der Waals surface area contributed by atoms with Gasteiger partial charge in [-0.1, -0.05) is 51.3 Å². The van der Waals surface area contributed by atoms with E-state index in [0.29, 0.717) is 36.7 Å². The van der Waals surface area contributed by atoms with E-state index in [1.54, 1.807) is 13.8 Å². The molecule has 0 fully saturated rings. The average Bonchev–Trinajstić information content (AvgIpc) is 2.86. The van der Waals surface area contributed by atoms with Gasteiger partial charge >= 0.3 is 5.97 Å². The maximum Gasteiger partial charge on any atom is 0.333 e. The van der Waals surface area contributed by atoms with Crippen molar-refractivity contribution >= 4 is 11.8 Å². The lowest BCUT2D eigenvalue weighted by Crippen LogP contribution is -2.27. The van der Waals surface area contributed by atoms with Gasteiger partial charge in [0, 0.05) is 11.0 Å². The van der Waals surface area contributed by atoms with E-state index in [-0.39, 0.29) is 18.6 Å². The molecule has 0 saturated heterocycles. The normalized spacial score (nSPS) is 11.9. The molecule has 36 heavy (non-hydrogen) atoms. The molecular formula is C29H36O7. The van der Waals surface area contributed by atoms with Crippen LogP contribution in [0.2, 0.25) is 0 Å². The lowest BCUT2D eigenvalue weighted by atomic mass is 9.78. The van der Waals surface area contributed by atoms with Gasteiger partial charge in [-0.25, -0.2) is 4.79 Å². The van der Waals surface area contributed by atoms with Gasteiger partial charge in [0.1, 0.15) is 31.3 Å². The highest BCUT2D eigenvalue weighted by Crippen LogP contribution is 2.33. The van der Waals surface area contributed by atoms with Crippen molar-refractivity contribution in [2.45, 2.75) is 39.2 Å². The molecule has 2 aromatic carbocycles. The number of carbonyl (C=O) groups excluding carboxylic acids is 2. The third-order valence-corrected chi connectivity index (χ3v) is 5.59. The van der Waals surface area contributed by atoms with E-state index in [1.165, 1.54) is 0 Å². The number of aliphatic hydroxyl groups is 1. The number of ether oxygens (including phenoxy) is 4. The van der Waals surface area contributed by atoms with Crippen LogP contribution in [-0.4, -0.2) is 56.0 Å². The summed E-state index contributed by atoms with van der Waals surface area (Å²) in [5.41, 5.74) is 2.59. The Kier molecular flexibility index (Phi) is 10.9. The number of esters is 1. The lowest BCUT2D eigenvalue weighted by molar-refractivity contribution is -0.140. The van der Waals surface area contributed by atoms with Crippen LogP contribution in [0.25, 0.3) is 0 Å². The van der Waals surface area contributed by atoms with Gasteiger partial charge < -0.3 is 24.1 Å². The van der Waals surface area contributed by atoms with Crippen molar-refractivity contribution in [2.24, 2.45) is 0 Å². The molecule has 0 saturated carbocycles. The number of rotatable bonds is 15. The number of Topliss-reactive ketones (excluding diaryl/α,β-unsaturated/α-hetero) is 1. The SMILES string of the molecule is C=C(C)C(=O)OCCOCCOc1ccc(C(C)(C)c2ccc(OCC(O)C(=O)C(=C)C)cc2)cc1. The van der Waals surface area contributed by atoms with Crippen molar-refractivity contribution in [1.29, 1.82) is 0 Å². The van der Waals surface area contributed by atoms with E-state index in [0.717, 1.165) is 16.9 Å². The van der Waals surface area contributed by atoms with Crippen LogP contribution in [0.3, 0.4) is 0 Å². The molecule has 0 bridgehead atoms. The number of benzene rings is 2. The zero-order chi connectivity index (χ0) is 26.7. The third-order valence-electron chi connectivity index (χ3n) is 5.59. The smallest absolute Gasteiger partial charge is 0.333 e. The molecule has 0 aliphatic carbocycles. The zero-order valence-corrected chi connectivity index (χ0v) is 21.5. The highest BCUT2D eigenvalue weighted by atomic mass is 16.6. The number of hydrogen-bond acceptors (Lipinski definition) is 7. The molecule has 0 radical (unpaired) electrons. The summed E-state index contributed by atoms with van der Waals surface area (Å²) < 4.78 is 21.6. The Morgan fingerprint density at radius 3 is 1.81 bits per heavy atom. The van der Waals surface area contributed by atoms with Crippen LogP contribution in [0.4, 0.5) is 0 Å². The summed E-state index contributed by atoms with van der Waals surface area (Å²) in [7, 11) is 0. The summed E-state index contributed by atoms with van der Waals surface area (Å²) >= 11 is 0. The van der Waals surface area contributed by atoms with E-state index in [2.05, 4.69) is 27.0 Å². The molecule has 0 heterocycles. The van der Waals surface area contributed by atoms with Crippen LogP contribution < -0.4 is 9.47 Å². The first-order valence-electron chi connectivity index (χ1n) is 11.8. The maximum atomic E-state index is 11.7. The molecule has 2 aromatic rings. The molecule has 7 nitrogen and oxygen atoms in total. The first-order chi connectivity index (χ1) is 17.0. The highest BCUT2D eigenvalue weighted by molar-refractivity contribution is 5.97. The van der Waals surface area contributed by atoms with Crippen LogP contribution in [0.15, 0.2) is 72.8 Å². The van der Waals surface area contributed by atoms with E-state index in [1.807, 2.05) is 48.5 Å².